The van der Waals surface area contributed by atoms with Crippen LogP contribution in [0.5, 0.6) is 5.75 Å². The first kappa shape index (κ1) is 33.5. The van der Waals surface area contributed by atoms with Crippen LogP contribution in [-0.2, 0) is 34.0 Å². The number of rotatable bonds is 6. The molecule has 14 heteroatoms. The van der Waals surface area contributed by atoms with Gasteiger partial charge in [0.1, 0.15) is 35.8 Å². The Balaban J connectivity index is 1.18. The number of fused-ring (bicyclic) bond motifs is 6. The van der Waals surface area contributed by atoms with Gasteiger partial charge in [0.25, 0.3) is 5.91 Å². The van der Waals surface area contributed by atoms with E-state index in [4.69, 9.17) is 9.57 Å². The lowest BCUT2D eigenvalue weighted by Gasteiger charge is -2.24. The first-order chi connectivity index (χ1) is 24.0. The third-order valence-corrected chi connectivity index (χ3v) is 11.9. The van der Waals surface area contributed by atoms with Crippen LogP contribution in [0.15, 0.2) is 72.4 Å². The van der Waals surface area contributed by atoms with Gasteiger partial charge in [0, 0.05) is 23.6 Å². The van der Waals surface area contributed by atoms with E-state index in [1.165, 1.54) is 6.08 Å². The van der Waals surface area contributed by atoms with Crippen molar-refractivity contribution in [3.05, 3.63) is 78.4 Å². The molecule has 1 heterocycles. The predicted octanol–water partition coefficient (Wildman–Crippen LogP) is 2.07. The zero-order valence-electron chi connectivity index (χ0n) is 27.5. The van der Waals surface area contributed by atoms with Crippen molar-refractivity contribution >= 4 is 39.4 Å². The summed E-state index contributed by atoms with van der Waals surface area (Å²) in [6.07, 6.45) is 5.67. The van der Waals surface area contributed by atoms with E-state index in [0.717, 1.165) is 22.3 Å². The second-order valence-corrected chi connectivity index (χ2v) is 15.5. The molecule has 4 bridgehead atoms. The molecule has 2 aromatic carbocycles. The maximum Gasteiger partial charge on any atom is 0.259 e. The highest BCUT2D eigenvalue weighted by atomic mass is 32.2. The molecule has 4 N–H and O–H groups in total. The van der Waals surface area contributed by atoms with Crippen LogP contribution in [0.3, 0.4) is 0 Å². The Morgan fingerprint density at radius 3 is 2.52 bits per heavy atom. The van der Waals surface area contributed by atoms with Gasteiger partial charge in [0.05, 0.1) is 17.1 Å². The third kappa shape index (κ3) is 6.39. The van der Waals surface area contributed by atoms with Crippen molar-refractivity contribution in [2.75, 3.05) is 13.2 Å². The summed E-state index contributed by atoms with van der Waals surface area (Å²) in [5.41, 5.74) is 2.70. The lowest BCUT2D eigenvalue weighted by molar-refractivity contribution is -0.137. The average Bonchev–Trinajstić information content (AvgIpc) is 4.01. The fourth-order valence-electron chi connectivity index (χ4n) is 7.02. The molecule has 0 unspecified atom stereocenters. The van der Waals surface area contributed by atoms with Gasteiger partial charge >= 0.3 is 0 Å². The normalized spacial score (nSPS) is 28.9. The van der Waals surface area contributed by atoms with Crippen LogP contribution in [0, 0.1) is 17.8 Å². The van der Waals surface area contributed by atoms with Gasteiger partial charge in [-0.15, -0.1) is 6.58 Å². The molecule has 4 amide bonds. The maximum absolute atomic E-state index is 14.0. The molecule has 0 saturated heterocycles. The molecule has 3 saturated carbocycles. The number of amides is 4. The van der Waals surface area contributed by atoms with Crippen LogP contribution in [0.1, 0.15) is 50.2 Å². The molecule has 13 nitrogen and oxygen atoms in total. The van der Waals surface area contributed by atoms with Crippen LogP contribution < -0.4 is 25.4 Å². The van der Waals surface area contributed by atoms with Crippen LogP contribution in [0.25, 0.3) is 11.1 Å². The van der Waals surface area contributed by atoms with Gasteiger partial charge < -0.3 is 25.5 Å². The van der Waals surface area contributed by atoms with E-state index in [0.29, 0.717) is 24.3 Å². The summed E-state index contributed by atoms with van der Waals surface area (Å²) in [6.45, 7) is 5.79. The molecule has 50 heavy (non-hydrogen) atoms. The lowest BCUT2D eigenvalue weighted by atomic mass is 9.93. The van der Waals surface area contributed by atoms with Gasteiger partial charge in [0.15, 0.2) is 0 Å². The van der Waals surface area contributed by atoms with E-state index >= 15 is 0 Å². The summed E-state index contributed by atoms with van der Waals surface area (Å²) in [4.78, 5) is 60.0. The van der Waals surface area contributed by atoms with Crippen molar-refractivity contribution in [1.29, 1.82) is 0 Å². The molecule has 1 aliphatic heterocycles. The maximum atomic E-state index is 14.0. The highest BCUT2D eigenvalue weighted by Crippen LogP contribution is 2.46. The topological polar surface area (TPSA) is 181 Å². The van der Waals surface area contributed by atoms with Crippen LogP contribution in [0.4, 0.5) is 0 Å². The molecule has 7 rings (SSSR count). The van der Waals surface area contributed by atoms with Crippen molar-refractivity contribution in [2.24, 2.45) is 22.9 Å². The van der Waals surface area contributed by atoms with Crippen molar-refractivity contribution in [2.45, 2.75) is 62.0 Å². The number of sulfonamides is 1. The van der Waals surface area contributed by atoms with Crippen molar-refractivity contribution in [1.82, 2.24) is 20.7 Å². The van der Waals surface area contributed by atoms with Crippen LogP contribution in [0.2, 0.25) is 0 Å². The summed E-state index contributed by atoms with van der Waals surface area (Å²) in [7, 11) is -3.87. The Morgan fingerprint density at radius 1 is 1.02 bits per heavy atom. The van der Waals surface area contributed by atoms with Gasteiger partial charge in [0.2, 0.25) is 27.7 Å². The number of ether oxygens (including phenoxy) is 1. The Hall–Kier alpha value is -4.98. The second-order valence-electron chi connectivity index (χ2n) is 13.5. The van der Waals surface area contributed by atoms with Crippen molar-refractivity contribution in [3.63, 3.8) is 0 Å². The molecule has 262 valence electrons. The monoisotopic (exact) mass is 701 g/mol. The fraction of sp³-hybridized carbons (Fsp3) is 0.417. The van der Waals surface area contributed by atoms with Crippen molar-refractivity contribution in [3.8, 4) is 16.9 Å². The number of nitrogens with one attached hydrogen (secondary N) is 4. The molecule has 0 radical (unpaired) electrons. The van der Waals surface area contributed by atoms with E-state index < -0.39 is 74.3 Å². The number of benzene rings is 2. The highest BCUT2D eigenvalue weighted by molar-refractivity contribution is 7.91. The molecular weight excluding hydrogens is 662 g/mol. The van der Waals surface area contributed by atoms with E-state index in [9.17, 15) is 27.6 Å². The number of hydrogen-bond donors (Lipinski definition) is 4. The molecule has 4 aliphatic carbocycles. The zero-order chi connectivity index (χ0) is 35.2. The quantitative estimate of drug-likeness (QED) is 0.282. The number of hydrogen-bond acceptors (Lipinski definition) is 9. The van der Waals surface area contributed by atoms with Crippen LogP contribution in [-0.4, -0.2) is 73.8 Å². The summed E-state index contributed by atoms with van der Waals surface area (Å²) < 4.78 is 33.3. The minimum atomic E-state index is -3.87. The minimum Gasteiger partial charge on any atom is -0.490 e. The zero-order valence-corrected chi connectivity index (χ0v) is 28.3. The first-order valence-electron chi connectivity index (χ1n) is 16.9. The predicted molar refractivity (Wildman–Crippen MR) is 183 cm³/mol. The average molecular weight is 702 g/mol. The van der Waals surface area contributed by atoms with Crippen molar-refractivity contribution < 1.29 is 37.2 Å². The molecule has 2 aromatic rings. The Bertz CT molecular complexity index is 1940. The highest BCUT2D eigenvalue weighted by Gasteiger charge is 2.62. The molecule has 3 fully saturated rings. The van der Waals surface area contributed by atoms with Gasteiger partial charge in [-0.05, 0) is 74.4 Å². The third-order valence-electron chi connectivity index (χ3n) is 10.1. The molecule has 6 atom stereocenters. The molecular formula is C36H39N5O8S. The second kappa shape index (κ2) is 13.0. The summed E-state index contributed by atoms with van der Waals surface area (Å²) >= 11 is 0. The largest absolute Gasteiger partial charge is 0.490 e. The summed E-state index contributed by atoms with van der Waals surface area (Å²) in [6, 6.07) is 12.6. The summed E-state index contributed by atoms with van der Waals surface area (Å²) in [5.74, 6) is -4.14. The molecule has 0 spiro atoms. The Labute approximate surface area is 290 Å². The number of oxime groups is 1. The van der Waals surface area contributed by atoms with Gasteiger partial charge in [-0.2, -0.15) is 0 Å². The Kier molecular flexibility index (Phi) is 8.75. The molecule has 5 aliphatic rings. The number of carbonyl (C=O) groups is 4. The number of carbonyl (C=O) groups excluding carboxylic acids is 4. The smallest absolute Gasteiger partial charge is 0.259 e. The number of nitrogens with zero attached hydrogens (tertiary/aromatic N) is 1. The van der Waals surface area contributed by atoms with Gasteiger partial charge in [-0.3, -0.25) is 23.9 Å². The minimum absolute atomic E-state index is 0.0839. The van der Waals surface area contributed by atoms with Gasteiger partial charge in [-0.1, -0.05) is 41.6 Å². The van der Waals surface area contributed by atoms with E-state index in [2.05, 4.69) is 32.4 Å². The lowest BCUT2D eigenvalue weighted by Crippen LogP contribution is -2.55. The van der Waals surface area contributed by atoms with E-state index in [-0.39, 0.29) is 32.4 Å². The molecule has 0 aromatic heterocycles. The van der Waals surface area contributed by atoms with E-state index in [1.54, 1.807) is 19.1 Å². The fourth-order valence-corrected chi connectivity index (χ4v) is 8.38. The standard InChI is InChI=1S/C36H39N5O8S/c1-3-21-19-36(21,35(45)41-50(46,47)24-11-12-24)39-34(44)30-18-23-17-29(30)33(43)38-20(2)32(42)37-14-6-7-15-48-22-10-13-26-25-8-4-5-9-27(25)31(40-49-23)28(26)16-22/h3-10,13,16,20-21,23-24,29-30H,1,11-12,14-15,17-19H2,2H3,(H,37,42)(H,38,43)(H,39,44)(H,41,45)/t20-,21-,23+,29-,30-,36-/m1/s1. The van der Waals surface area contributed by atoms with Crippen LogP contribution >= 0.6 is 0 Å². The summed E-state index contributed by atoms with van der Waals surface area (Å²) in [5, 5.41) is 12.2. The Morgan fingerprint density at radius 2 is 1.78 bits per heavy atom. The first-order valence-corrected chi connectivity index (χ1v) is 18.4. The van der Waals surface area contributed by atoms with Gasteiger partial charge in [-0.25, -0.2) is 8.42 Å². The van der Waals surface area contributed by atoms with E-state index in [1.807, 2.05) is 42.5 Å². The SMILES string of the molecule is C=C[C@@H]1C[C@]1(NC(=O)[C@@H]1C[C@@H]2C[C@H]1C(=O)N[C@H](C)C(=O)NCC=CCOc1ccc3c(c1)C(=NO2)c1ccccc1-3)C(=O)NS(=O)(=O)C1CC1.